The van der Waals surface area contributed by atoms with Gasteiger partial charge < -0.3 is 4.74 Å². The van der Waals surface area contributed by atoms with Gasteiger partial charge in [0.05, 0.1) is 10.9 Å². The third-order valence-electron chi connectivity index (χ3n) is 2.64. The summed E-state index contributed by atoms with van der Waals surface area (Å²) in [4.78, 5) is 28.1. The van der Waals surface area contributed by atoms with E-state index in [2.05, 4.69) is 4.98 Å². The van der Waals surface area contributed by atoms with Crippen molar-refractivity contribution in [2.24, 2.45) is 12.5 Å². The van der Waals surface area contributed by atoms with E-state index in [1.54, 1.807) is 27.8 Å². The molecule has 0 amide bonds. The van der Waals surface area contributed by atoms with E-state index >= 15 is 0 Å². The van der Waals surface area contributed by atoms with Gasteiger partial charge in [-0.05, 0) is 44.0 Å². The molecular weight excluding hydrogens is 296 g/mol. The van der Waals surface area contributed by atoms with E-state index in [1.807, 2.05) is 11.4 Å². The summed E-state index contributed by atoms with van der Waals surface area (Å²) in [7, 11) is 1.67. The number of thiophene rings is 1. The van der Waals surface area contributed by atoms with Crippen LogP contribution in [-0.4, -0.2) is 21.5 Å². The van der Waals surface area contributed by atoms with Gasteiger partial charge in [0.25, 0.3) is 5.56 Å². The summed E-state index contributed by atoms with van der Waals surface area (Å²) in [6, 6.07) is 1.81. The van der Waals surface area contributed by atoms with Crippen LogP contribution in [0.3, 0.4) is 0 Å². The first-order valence-electron chi connectivity index (χ1n) is 6.05. The van der Waals surface area contributed by atoms with Crippen molar-refractivity contribution in [1.29, 1.82) is 0 Å². The molecule has 108 valence electrons. The highest BCUT2D eigenvalue weighted by atomic mass is 32.2. The quantitative estimate of drug-likeness (QED) is 0.377. The Hall–Kier alpha value is -1.34. The fraction of sp³-hybridized carbons (Fsp3) is 0.462. The lowest BCUT2D eigenvalue weighted by Crippen LogP contribution is -2.23. The van der Waals surface area contributed by atoms with Gasteiger partial charge >= 0.3 is 5.97 Å². The average molecular weight is 312 g/mol. The molecule has 0 radical (unpaired) electrons. The standard InChI is InChI=1S/C13H16N2O3S2/c1-13(2,3)11(17)18-7-20-12-14-8-5-6-19-9(8)10(16)15(12)4/h5-6H,7H2,1-4H3. The highest BCUT2D eigenvalue weighted by Gasteiger charge is 2.23. The van der Waals surface area contributed by atoms with E-state index in [0.29, 0.717) is 15.4 Å². The first kappa shape index (κ1) is 15.1. The molecule has 0 N–H and O–H groups in total. The lowest BCUT2D eigenvalue weighted by Gasteiger charge is -2.16. The number of nitrogens with zero attached hydrogens (tertiary/aromatic N) is 2. The Morgan fingerprint density at radius 3 is 2.85 bits per heavy atom. The van der Waals surface area contributed by atoms with Crippen LogP contribution in [0.25, 0.3) is 10.2 Å². The molecule has 0 fully saturated rings. The molecular formula is C13H16N2O3S2. The molecule has 0 aliphatic carbocycles. The maximum Gasteiger partial charge on any atom is 0.312 e. The minimum atomic E-state index is -0.531. The first-order valence-corrected chi connectivity index (χ1v) is 7.91. The molecule has 0 bridgehead atoms. The van der Waals surface area contributed by atoms with Gasteiger partial charge in [0.15, 0.2) is 5.16 Å². The van der Waals surface area contributed by atoms with Crippen LogP contribution in [0, 0.1) is 5.41 Å². The number of rotatable bonds is 3. The number of hydrogen-bond acceptors (Lipinski definition) is 6. The van der Waals surface area contributed by atoms with E-state index in [1.165, 1.54) is 27.7 Å². The predicted octanol–water partition coefficient (Wildman–Crippen LogP) is 2.63. The van der Waals surface area contributed by atoms with Crippen molar-refractivity contribution in [3.8, 4) is 0 Å². The number of carbonyl (C=O) groups excluding carboxylic acids is 1. The summed E-state index contributed by atoms with van der Waals surface area (Å²) in [6.45, 7) is 5.39. The van der Waals surface area contributed by atoms with Gasteiger partial charge in [-0.15, -0.1) is 11.3 Å². The average Bonchev–Trinajstić information content (AvgIpc) is 2.82. The van der Waals surface area contributed by atoms with Crippen LogP contribution >= 0.6 is 23.1 Å². The molecule has 0 aromatic carbocycles. The summed E-state index contributed by atoms with van der Waals surface area (Å²) in [5, 5.41) is 2.38. The van der Waals surface area contributed by atoms with E-state index in [9.17, 15) is 9.59 Å². The van der Waals surface area contributed by atoms with Crippen LogP contribution in [0.5, 0.6) is 0 Å². The molecule has 0 saturated heterocycles. The lowest BCUT2D eigenvalue weighted by atomic mass is 9.98. The Morgan fingerprint density at radius 1 is 1.50 bits per heavy atom. The number of aromatic nitrogens is 2. The molecule has 2 aromatic rings. The molecule has 0 aliphatic heterocycles. The molecule has 0 aliphatic rings. The Labute approximate surface area is 125 Å². The largest absolute Gasteiger partial charge is 0.454 e. The fourth-order valence-corrected chi connectivity index (χ4v) is 2.97. The van der Waals surface area contributed by atoms with Crippen molar-refractivity contribution in [2.75, 3.05) is 5.94 Å². The molecule has 7 heteroatoms. The number of ether oxygens (including phenoxy) is 1. The van der Waals surface area contributed by atoms with Gasteiger partial charge in [0.1, 0.15) is 10.6 Å². The lowest BCUT2D eigenvalue weighted by molar-refractivity contribution is -0.150. The van der Waals surface area contributed by atoms with Gasteiger partial charge in [-0.25, -0.2) is 4.98 Å². The van der Waals surface area contributed by atoms with E-state index < -0.39 is 5.41 Å². The highest BCUT2D eigenvalue weighted by molar-refractivity contribution is 7.99. The second kappa shape index (κ2) is 5.57. The van der Waals surface area contributed by atoms with Crippen LogP contribution < -0.4 is 5.56 Å². The zero-order valence-electron chi connectivity index (χ0n) is 11.8. The number of thioether (sulfide) groups is 1. The van der Waals surface area contributed by atoms with Crippen LogP contribution in [0.2, 0.25) is 0 Å². The Kier molecular flexibility index (Phi) is 4.19. The normalized spacial score (nSPS) is 11.8. The number of hydrogen-bond donors (Lipinski definition) is 0. The maximum atomic E-state index is 12.1. The van der Waals surface area contributed by atoms with Crippen molar-refractivity contribution in [1.82, 2.24) is 9.55 Å². The van der Waals surface area contributed by atoms with Crippen molar-refractivity contribution in [2.45, 2.75) is 25.9 Å². The van der Waals surface area contributed by atoms with Gasteiger partial charge in [-0.3, -0.25) is 14.2 Å². The van der Waals surface area contributed by atoms with Gasteiger partial charge in [0, 0.05) is 7.05 Å². The third kappa shape index (κ3) is 3.04. The smallest absolute Gasteiger partial charge is 0.312 e. The second-order valence-electron chi connectivity index (χ2n) is 5.34. The second-order valence-corrected chi connectivity index (χ2v) is 7.14. The topological polar surface area (TPSA) is 61.2 Å². The predicted molar refractivity (Wildman–Crippen MR) is 81.1 cm³/mol. The molecule has 2 aromatic heterocycles. The van der Waals surface area contributed by atoms with Crippen molar-refractivity contribution < 1.29 is 9.53 Å². The van der Waals surface area contributed by atoms with Crippen LogP contribution in [-0.2, 0) is 16.6 Å². The zero-order chi connectivity index (χ0) is 14.9. The molecule has 0 unspecified atom stereocenters. The molecule has 2 heterocycles. The summed E-state index contributed by atoms with van der Waals surface area (Å²) in [5.74, 6) is -0.127. The minimum Gasteiger partial charge on any atom is -0.454 e. The summed E-state index contributed by atoms with van der Waals surface area (Å²) in [6.07, 6.45) is 0. The van der Waals surface area contributed by atoms with E-state index in [-0.39, 0.29) is 17.5 Å². The fourth-order valence-electron chi connectivity index (χ4n) is 1.45. The Bertz CT molecular complexity index is 698. The van der Waals surface area contributed by atoms with Crippen molar-refractivity contribution >= 4 is 39.3 Å². The van der Waals surface area contributed by atoms with Crippen LogP contribution in [0.4, 0.5) is 0 Å². The summed E-state index contributed by atoms with van der Waals surface area (Å²) >= 11 is 2.62. The Balaban J connectivity index is 2.13. The number of esters is 1. The number of carbonyl (C=O) groups is 1. The molecule has 0 spiro atoms. The molecule has 0 atom stereocenters. The minimum absolute atomic E-state index is 0.0744. The third-order valence-corrected chi connectivity index (χ3v) is 4.39. The molecule has 0 saturated carbocycles. The Morgan fingerprint density at radius 2 is 2.20 bits per heavy atom. The maximum absolute atomic E-state index is 12.1. The SMILES string of the molecule is Cn1c(SCOC(=O)C(C)(C)C)nc2ccsc2c1=O. The van der Waals surface area contributed by atoms with Gasteiger partial charge in [0.2, 0.25) is 0 Å². The van der Waals surface area contributed by atoms with Crippen molar-refractivity contribution in [3.05, 3.63) is 21.8 Å². The van der Waals surface area contributed by atoms with Crippen molar-refractivity contribution in [3.63, 3.8) is 0 Å². The van der Waals surface area contributed by atoms with E-state index in [0.717, 1.165) is 0 Å². The molecule has 20 heavy (non-hydrogen) atoms. The van der Waals surface area contributed by atoms with Crippen LogP contribution in [0.15, 0.2) is 21.4 Å². The monoisotopic (exact) mass is 312 g/mol. The molecule has 5 nitrogen and oxygen atoms in total. The van der Waals surface area contributed by atoms with E-state index in [4.69, 9.17) is 4.74 Å². The summed E-state index contributed by atoms with van der Waals surface area (Å²) < 4.78 is 7.29. The van der Waals surface area contributed by atoms with Gasteiger partial charge in [-0.2, -0.15) is 0 Å². The first-order chi connectivity index (χ1) is 9.30. The van der Waals surface area contributed by atoms with Crippen LogP contribution in [0.1, 0.15) is 20.8 Å². The van der Waals surface area contributed by atoms with Gasteiger partial charge in [-0.1, -0.05) is 0 Å². The number of fused-ring (bicyclic) bond motifs is 1. The summed E-state index contributed by atoms with van der Waals surface area (Å²) in [5.41, 5.74) is 0.0781. The highest BCUT2D eigenvalue weighted by Crippen LogP contribution is 2.22. The molecule has 2 rings (SSSR count). The zero-order valence-corrected chi connectivity index (χ0v) is 13.4.